The lowest BCUT2D eigenvalue weighted by molar-refractivity contribution is -0.115. The van der Waals surface area contributed by atoms with E-state index in [2.05, 4.69) is 10.3 Å². The van der Waals surface area contributed by atoms with Gasteiger partial charge in [-0.05, 0) is 48.1 Å². The number of nitrogens with zero attached hydrogens (tertiary/aromatic N) is 1. The van der Waals surface area contributed by atoms with E-state index in [1.165, 1.54) is 0 Å². The number of amides is 1. The lowest BCUT2D eigenvalue weighted by atomic mass is 10.1. The van der Waals surface area contributed by atoms with Crippen molar-refractivity contribution in [3.8, 4) is 0 Å². The maximum atomic E-state index is 12.1. The second kappa shape index (κ2) is 6.37. The van der Waals surface area contributed by atoms with Crippen molar-refractivity contribution in [2.45, 2.75) is 25.2 Å². The third kappa shape index (κ3) is 3.68. The molecular weight excluding hydrogens is 276 g/mol. The summed E-state index contributed by atoms with van der Waals surface area (Å²) in [6.07, 6.45) is 4.16. The minimum Gasteiger partial charge on any atom is -0.326 e. The Morgan fingerprint density at radius 1 is 1.18 bits per heavy atom. The van der Waals surface area contributed by atoms with Gasteiger partial charge >= 0.3 is 0 Å². The van der Waals surface area contributed by atoms with Gasteiger partial charge in [0.2, 0.25) is 12.0 Å². The average Bonchev–Trinajstić information content (AvgIpc) is 3.33. The molecule has 0 heterocycles. The number of isocyanates is 1. The summed E-state index contributed by atoms with van der Waals surface area (Å²) in [5.74, 6) is 0.437. The van der Waals surface area contributed by atoms with Crippen molar-refractivity contribution < 1.29 is 9.59 Å². The molecule has 2 aromatic carbocycles. The molecule has 0 bridgehead atoms. The van der Waals surface area contributed by atoms with Gasteiger partial charge in [0.25, 0.3) is 0 Å². The standard InChI is InChI=1S/C18H16N2O2/c21-12-19-16-9-15(14-6-7-14)10-17(11-16)20-18(22)8-13-4-2-1-3-5-13/h1-5,9-11,14H,6-8H2,(H,20,22). The van der Waals surface area contributed by atoms with E-state index in [9.17, 15) is 9.59 Å². The van der Waals surface area contributed by atoms with E-state index in [4.69, 9.17) is 0 Å². The Hall–Kier alpha value is -2.71. The molecule has 1 saturated carbocycles. The Labute approximate surface area is 128 Å². The molecule has 110 valence electrons. The molecule has 2 aromatic rings. The highest BCUT2D eigenvalue weighted by molar-refractivity contribution is 5.92. The number of hydrogen-bond donors (Lipinski definition) is 1. The predicted molar refractivity (Wildman–Crippen MR) is 85.0 cm³/mol. The van der Waals surface area contributed by atoms with E-state index in [0.29, 0.717) is 23.7 Å². The van der Waals surface area contributed by atoms with Crippen LogP contribution in [0.2, 0.25) is 0 Å². The fourth-order valence-corrected chi connectivity index (χ4v) is 2.46. The molecule has 1 amide bonds. The number of aliphatic imine (C=N–C) groups is 1. The smallest absolute Gasteiger partial charge is 0.240 e. The molecule has 0 unspecified atom stereocenters. The SMILES string of the molecule is O=C=Nc1cc(NC(=O)Cc2ccccc2)cc(C2CC2)c1. The van der Waals surface area contributed by atoms with E-state index in [-0.39, 0.29) is 5.91 Å². The van der Waals surface area contributed by atoms with Gasteiger partial charge in [-0.1, -0.05) is 30.3 Å². The van der Waals surface area contributed by atoms with Crippen LogP contribution in [-0.2, 0) is 16.0 Å². The van der Waals surface area contributed by atoms with E-state index >= 15 is 0 Å². The van der Waals surface area contributed by atoms with E-state index in [1.54, 1.807) is 12.1 Å². The molecule has 1 fully saturated rings. The fourth-order valence-electron chi connectivity index (χ4n) is 2.46. The monoisotopic (exact) mass is 292 g/mol. The Morgan fingerprint density at radius 2 is 1.95 bits per heavy atom. The minimum absolute atomic E-state index is 0.0832. The normalized spacial score (nSPS) is 13.3. The number of anilines is 1. The van der Waals surface area contributed by atoms with Crippen molar-refractivity contribution >= 4 is 23.4 Å². The van der Waals surface area contributed by atoms with Gasteiger partial charge in [0.1, 0.15) is 0 Å². The van der Waals surface area contributed by atoms with Gasteiger partial charge in [-0.2, -0.15) is 4.99 Å². The van der Waals surface area contributed by atoms with Crippen LogP contribution in [0.1, 0.15) is 29.9 Å². The highest BCUT2D eigenvalue weighted by Gasteiger charge is 2.24. The maximum Gasteiger partial charge on any atom is 0.240 e. The maximum absolute atomic E-state index is 12.1. The van der Waals surface area contributed by atoms with E-state index < -0.39 is 0 Å². The van der Waals surface area contributed by atoms with E-state index in [0.717, 1.165) is 24.0 Å². The number of hydrogen-bond acceptors (Lipinski definition) is 3. The van der Waals surface area contributed by atoms with Gasteiger partial charge < -0.3 is 5.32 Å². The highest BCUT2D eigenvalue weighted by Crippen LogP contribution is 2.42. The third-order valence-electron chi connectivity index (χ3n) is 3.65. The summed E-state index contributed by atoms with van der Waals surface area (Å²) >= 11 is 0. The molecular formula is C18H16N2O2. The van der Waals surface area contributed by atoms with Crippen LogP contribution >= 0.6 is 0 Å². The van der Waals surface area contributed by atoms with Crippen LogP contribution in [0.5, 0.6) is 0 Å². The van der Waals surface area contributed by atoms with Gasteiger partial charge in [-0.25, -0.2) is 4.79 Å². The number of nitrogens with one attached hydrogen (secondary N) is 1. The number of rotatable bonds is 5. The zero-order chi connectivity index (χ0) is 15.4. The predicted octanol–water partition coefficient (Wildman–Crippen LogP) is 3.71. The van der Waals surface area contributed by atoms with Crippen molar-refractivity contribution in [3.63, 3.8) is 0 Å². The lowest BCUT2D eigenvalue weighted by Gasteiger charge is -2.08. The van der Waals surface area contributed by atoms with Crippen molar-refractivity contribution in [2.75, 3.05) is 5.32 Å². The van der Waals surface area contributed by atoms with Gasteiger partial charge in [0.15, 0.2) is 0 Å². The first-order valence-electron chi connectivity index (χ1n) is 7.31. The molecule has 0 saturated heterocycles. The first-order valence-corrected chi connectivity index (χ1v) is 7.31. The van der Waals surface area contributed by atoms with Gasteiger partial charge in [0.05, 0.1) is 12.1 Å². The van der Waals surface area contributed by atoms with Crippen LogP contribution in [0.3, 0.4) is 0 Å². The van der Waals surface area contributed by atoms with Gasteiger partial charge in [-0.15, -0.1) is 0 Å². The molecule has 3 rings (SSSR count). The highest BCUT2D eigenvalue weighted by atomic mass is 16.1. The first kappa shape index (κ1) is 14.2. The summed E-state index contributed by atoms with van der Waals surface area (Å²) in [6.45, 7) is 0. The molecule has 1 N–H and O–H groups in total. The van der Waals surface area contributed by atoms with Crippen LogP contribution in [0, 0.1) is 0 Å². The van der Waals surface area contributed by atoms with Crippen LogP contribution < -0.4 is 5.32 Å². The largest absolute Gasteiger partial charge is 0.326 e. The summed E-state index contributed by atoms with van der Waals surface area (Å²) in [5, 5.41) is 2.88. The minimum atomic E-state index is -0.0832. The average molecular weight is 292 g/mol. The first-order chi connectivity index (χ1) is 10.7. The van der Waals surface area contributed by atoms with Crippen LogP contribution in [0.15, 0.2) is 53.5 Å². The molecule has 0 aromatic heterocycles. The van der Waals surface area contributed by atoms with Crippen molar-refractivity contribution in [1.82, 2.24) is 0 Å². The summed E-state index contributed by atoms with van der Waals surface area (Å²) < 4.78 is 0. The molecule has 4 heteroatoms. The number of carbonyl (C=O) groups excluding carboxylic acids is 2. The van der Waals surface area contributed by atoms with Crippen molar-refractivity contribution in [1.29, 1.82) is 0 Å². The zero-order valence-electron chi connectivity index (χ0n) is 12.1. The Bertz CT molecular complexity index is 730. The Kier molecular flexibility index (Phi) is 4.12. The molecule has 0 spiro atoms. The topological polar surface area (TPSA) is 58.5 Å². The summed E-state index contributed by atoms with van der Waals surface area (Å²) in [4.78, 5) is 26.3. The molecule has 0 aliphatic heterocycles. The zero-order valence-corrected chi connectivity index (χ0v) is 12.1. The molecule has 0 radical (unpaired) electrons. The summed E-state index contributed by atoms with van der Waals surface area (Å²) in [6, 6.07) is 15.1. The summed E-state index contributed by atoms with van der Waals surface area (Å²) in [5.41, 5.74) is 3.30. The van der Waals surface area contributed by atoms with Gasteiger partial charge in [0, 0.05) is 5.69 Å². The molecule has 1 aliphatic carbocycles. The third-order valence-corrected chi connectivity index (χ3v) is 3.65. The van der Waals surface area contributed by atoms with E-state index in [1.807, 2.05) is 42.5 Å². The molecule has 22 heavy (non-hydrogen) atoms. The molecule has 1 aliphatic rings. The second-order valence-electron chi connectivity index (χ2n) is 5.50. The lowest BCUT2D eigenvalue weighted by Crippen LogP contribution is -2.14. The Morgan fingerprint density at radius 3 is 2.64 bits per heavy atom. The van der Waals surface area contributed by atoms with Crippen molar-refractivity contribution in [2.24, 2.45) is 4.99 Å². The quantitative estimate of drug-likeness (QED) is 0.674. The Balaban J connectivity index is 1.76. The number of carbonyl (C=O) groups is 1. The van der Waals surface area contributed by atoms with Crippen LogP contribution in [-0.4, -0.2) is 12.0 Å². The van der Waals surface area contributed by atoms with Crippen LogP contribution in [0.4, 0.5) is 11.4 Å². The number of benzene rings is 2. The fraction of sp³-hybridized carbons (Fsp3) is 0.222. The van der Waals surface area contributed by atoms with Crippen LogP contribution in [0.25, 0.3) is 0 Å². The van der Waals surface area contributed by atoms with Gasteiger partial charge in [-0.3, -0.25) is 4.79 Å². The molecule has 4 nitrogen and oxygen atoms in total. The second-order valence-corrected chi connectivity index (χ2v) is 5.50. The summed E-state index contributed by atoms with van der Waals surface area (Å²) in [7, 11) is 0. The van der Waals surface area contributed by atoms with Crippen molar-refractivity contribution in [3.05, 3.63) is 59.7 Å². The molecule has 0 atom stereocenters.